The molecule has 0 saturated heterocycles. The van der Waals surface area contributed by atoms with E-state index < -0.39 is 97.5 Å². The number of aliphatic hydroxyl groups is 1. The fraction of sp³-hybridized carbons (Fsp3) is 0.942. The zero-order valence-electron chi connectivity index (χ0n) is 57.0. The van der Waals surface area contributed by atoms with E-state index in [2.05, 4.69) is 41.5 Å². The van der Waals surface area contributed by atoms with Crippen LogP contribution in [0.1, 0.15) is 350 Å². The molecule has 17 nitrogen and oxygen atoms in total. The molecule has 3 N–H and O–H groups in total. The number of carbonyl (C=O) groups excluding carboxylic acids is 4. The SMILES string of the molecule is CCCCCCCCCCCCCCCCCC(=O)OC[C@H](COP(=O)(O)OC[C@@H](O)COP(=O)(O)OC[C@@H](COC(=O)CCCCCCCCC)OC(=O)CCCCCCCCC(C)CC)OC(=O)CCCCCCCCCCCCCCCC(C)C. The number of esters is 4. The lowest BCUT2D eigenvalue weighted by Crippen LogP contribution is -2.30. The highest BCUT2D eigenvalue weighted by molar-refractivity contribution is 7.47. The van der Waals surface area contributed by atoms with Crippen molar-refractivity contribution in [2.45, 2.75) is 368 Å². The van der Waals surface area contributed by atoms with Crippen molar-refractivity contribution in [3.8, 4) is 0 Å². The van der Waals surface area contributed by atoms with Gasteiger partial charge in [-0.3, -0.25) is 37.3 Å². The standard InChI is InChI=1S/C69H134O17P2/c1-7-10-12-14-16-17-18-19-20-23-26-29-33-40-46-52-67(72)80-58-64(85-68(73)53-47-41-34-30-27-24-21-22-25-28-32-37-43-49-61(4)5)59-83-87(75,76)81-55-63(70)56-82-88(77,78)84-60-65(57-79-66(71)51-45-39-31-15-13-11-8-2)86-69(74)54-48-42-36-35-38-44-50-62(6)9-3/h61-65,70H,7-60H2,1-6H3,(H,75,76)(H,77,78)/t62?,63-,64-,65-/m1/s1. The Morgan fingerprint density at radius 2 is 0.580 bits per heavy atom. The van der Waals surface area contributed by atoms with Crippen molar-refractivity contribution in [3.05, 3.63) is 0 Å². The van der Waals surface area contributed by atoms with E-state index in [0.29, 0.717) is 25.7 Å². The Labute approximate surface area is 537 Å². The molecule has 6 atom stereocenters. The normalized spacial score (nSPS) is 14.5. The highest BCUT2D eigenvalue weighted by Crippen LogP contribution is 2.45. The van der Waals surface area contributed by atoms with E-state index in [1.54, 1.807) is 0 Å². The highest BCUT2D eigenvalue weighted by atomic mass is 31.2. The second-order valence-electron chi connectivity index (χ2n) is 25.6. The summed E-state index contributed by atoms with van der Waals surface area (Å²) in [5.41, 5.74) is 0. The van der Waals surface area contributed by atoms with Gasteiger partial charge in [0.25, 0.3) is 0 Å². The van der Waals surface area contributed by atoms with Crippen LogP contribution in [0.2, 0.25) is 0 Å². The maximum atomic E-state index is 13.0. The van der Waals surface area contributed by atoms with Crippen molar-refractivity contribution in [3.63, 3.8) is 0 Å². The van der Waals surface area contributed by atoms with Gasteiger partial charge in [-0.05, 0) is 37.5 Å². The first-order valence-electron chi connectivity index (χ1n) is 36.0. The van der Waals surface area contributed by atoms with Crippen molar-refractivity contribution in [1.82, 2.24) is 0 Å². The van der Waals surface area contributed by atoms with E-state index in [1.807, 2.05) is 0 Å². The first-order chi connectivity index (χ1) is 42.4. The van der Waals surface area contributed by atoms with Gasteiger partial charge in [-0.2, -0.15) is 0 Å². The van der Waals surface area contributed by atoms with E-state index in [1.165, 1.54) is 154 Å². The Hall–Kier alpha value is -1.94. The third-order valence-corrected chi connectivity index (χ3v) is 18.2. The number of hydrogen-bond donors (Lipinski definition) is 3. The quantitative estimate of drug-likeness (QED) is 0.0222. The largest absolute Gasteiger partial charge is 0.472 e. The number of phosphoric acid groups is 2. The fourth-order valence-corrected chi connectivity index (χ4v) is 12.0. The minimum Gasteiger partial charge on any atom is -0.462 e. The van der Waals surface area contributed by atoms with Crippen LogP contribution in [0.3, 0.4) is 0 Å². The average Bonchev–Trinajstić information content (AvgIpc) is 3.71. The van der Waals surface area contributed by atoms with Crippen molar-refractivity contribution < 1.29 is 80.2 Å². The van der Waals surface area contributed by atoms with Gasteiger partial charge in [-0.1, -0.05) is 298 Å². The summed E-state index contributed by atoms with van der Waals surface area (Å²) in [6, 6.07) is 0. The zero-order chi connectivity index (χ0) is 65.0. The molecule has 0 aliphatic rings. The summed E-state index contributed by atoms with van der Waals surface area (Å²) < 4.78 is 68.1. The minimum absolute atomic E-state index is 0.103. The lowest BCUT2D eigenvalue weighted by molar-refractivity contribution is -0.161. The van der Waals surface area contributed by atoms with Crippen LogP contribution in [0, 0.1) is 11.8 Å². The molecule has 0 aromatic carbocycles. The molecule has 0 aromatic heterocycles. The Bertz CT molecular complexity index is 1720. The van der Waals surface area contributed by atoms with Crippen LogP contribution in [-0.4, -0.2) is 96.7 Å². The van der Waals surface area contributed by atoms with Gasteiger partial charge in [0, 0.05) is 25.7 Å². The van der Waals surface area contributed by atoms with Gasteiger partial charge < -0.3 is 33.8 Å². The van der Waals surface area contributed by atoms with Crippen LogP contribution in [0.5, 0.6) is 0 Å². The molecule has 0 amide bonds. The number of unbranched alkanes of at least 4 members (excludes halogenated alkanes) is 37. The average molecular weight is 1300 g/mol. The number of ether oxygens (including phenoxy) is 4. The third kappa shape index (κ3) is 61.6. The topological polar surface area (TPSA) is 237 Å². The maximum Gasteiger partial charge on any atom is 0.472 e. The predicted molar refractivity (Wildman–Crippen MR) is 354 cm³/mol. The molecule has 0 aromatic rings. The summed E-state index contributed by atoms with van der Waals surface area (Å²) in [7, 11) is -9.89. The van der Waals surface area contributed by atoms with Gasteiger partial charge >= 0.3 is 39.5 Å². The van der Waals surface area contributed by atoms with Gasteiger partial charge in [0.15, 0.2) is 12.2 Å². The Morgan fingerprint density at radius 1 is 0.330 bits per heavy atom. The Kier molecular flexibility index (Phi) is 59.9. The summed E-state index contributed by atoms with van der Waals surface area (Å²) in [5.74, 6) is -0.625. The van der Waals surface area contributed by atoms with Crippen molar-refractivity contribution in [2.24, 2.45) is 11.8 Å². The molecule has 522 valence electrons. The van der Waals surface area contributed by atoms with Crippen molar-refractivity contribution in [2.75, 3.05) is 39.6 Å². The summed E-state index contributed by atoms with van der Waals surface area (Å²) in [4.78, 5) is 72.3. The lowest BCUT2D eigenvalue weighted by atomic mass is 10.00. The van der Waals surface area contributed by atoms with E-state index in [0.717, 1.165) is 115 Å². The molecule has 0 rings (SSSR count). The van der Waals surface area contributed by atoms with E-state index >= 15 is 0 Å². The highest BCUT2D eigenvalue weighted by Gasteiger charge is 2.30. The number of rotatable bonds is 68. The maximum absolute atomic E-state index is 13.0. The summed E-state index contributed by atoms with van der Waals surface area (Å²) in [6.07, 6.45) is 46.0. The van der Waals surface area contributed by atoms with E-state index in [-0.39, 0.29) is 25.7 Å². The number of aliphatic hydroxyl groups excluding tert-OH is 1. The third-order valence-electron chi connectivity index (χ3n) is 16.3. The van der Waals surface area contributed by atoms with E-state index in [9.17, 15) is 43.2 Å². The van der Waals surface area contributed by atoms with Gasteiger partial charge in [-0.25, -0.2) is 9.13 Å². The number of carbonyl (C=O) groups is 4. The van der Waals surface area contributed by atoms with Crippen molar-refractivity contribution in [1.29, 1.82) is 0 Å². The van der Waals surface area contributed by atoms with Crippen LogP contribution >= 0.6 is 15.6 Å². The van der Waals surface area contributed by atoms with Crippen LogP contribution in [0.4, 0.5) is 0 Å². The summed E-state index contributed by atoms with van der Waals surface area (Å²) >= 11 is 0. The fourth-order valence-electron chi connectivity index (χ4n) is 10.4. The monoisotopic (exact) mass is 1300 g/mol. The molecular weight excluding hydrogens is 1160 g/mol. The molecule has 19 heteroatoms. The molecule has 0 saturated carbocycles. The number of hydrogen-bond acceptors (Lipinski definition) is 15. The molecule has 0 aliphatic carbocycles. The van der Waals surface area contributed by atoms with Gasteiger partial charge in [0.1, 0.15) is 19.3 Å². The molecule has 0 fully saturated rings. The van der Waals surface area contributed by atoms with Crippen LogP contribution in [-0.2, 0) is 65.4 Å². The number of phosphoric ester groups is 2. The van der Waals surface area contributed by atoms with Crippen LogP contribution in [0.25, 0.3) is 0 Å². The van der Waals surface area contributed by atoms with Crippen molar-refractivity contribution >= 4 is 39.5 Å². The predicted octanol–water partition coefficient (Wildman–Crippen LogP) is 19.6. The molecule has 0 heterocycles. The van der Waals surface area contributed by atoms with Crippen LogP contribution < -0.4 is 0 Å². The molecule has 88 heavy (non-hydrogen) atoms. The van der Waals surface area contributed by atoms with Gasteiger partial charge in [0.2, 0.25) is 0 Å². The summed E-state index contributed by atoms with van der Waals surface area (Å²) in [5, 5.41) is 10.6. The molecular formula is C69H134O17P2. The molecule has 3 unspecified atom stereocenters. The first kappa shape index (κ1) is 86.1. The first-order valence-corrected chi connectivity index (χ1v) is 39.0. The van der Waals surface area contributed by atoms with Gasteiger partial charge in [-0.15, -0.1) is 0 Å². The van der Waals surface area contributed by atoms with E-state index in [4.69, 9.17) is 37.0 Å². The van der Waals surface area contributed by atoms with Crippen LogP contribution in [0.15, 0.2) is 0 Å². The Balaban J connectivity index is 5.21. The molecule has 0 radical (unpaired) electrons. The zero-order valence-corrected chi connectivity index (χ0v) is 58.8. The lowest BCUT2D eigenvalue weighted by Gasteiger charge is -2.21. The molecule has 0 spiro atoms. The smallest absolute Gasteiger partial charge is 0.462 e. The molecule has 0 aliphatic heterocycles. The summed E-state index contributed by atoms with van der Waals surface area (Å²) in [6.45, 7) is 9.47. The Morgan fingerprint density at radius 3 is 0.864 bits per heavy atom. The van der Waals surface area contributed by atoms with Gasteiger partial charge in [0.05, 0.1) is 26.4 Å². The second-order valence-corrected chi connectivity index (χ2v) is 28.5. The minimum atomic E-state index is -4.95. The second kappa shape index (κ2) is 61.3. The molecule has 0 bridgehead atoms.